The van der Waals surface area contributed by atoms with Gasteiger partial charge in [0.15, 0.2) is 0 Å². The molecule has 0 saturated heterocycles. The quantitative estimate of drug-likeness (QED) is 0.719. The first-order valence-electron chi connectivity index (χ1n) is 6.71. The summed E-state index contributed by atoms with van der Waals surface area (Å²) in [6, 6.07) is 16.5. The summed E-state index contributed by atoms with van der Waals surface area (Å²) in [7, 11) is 0. The molecule has 1 aliphatic rings. The monoisotopic (exact) mass is 260 g/mol. The topological polar surface area (TPSA) is 9.23 Å². The van der Waals surface area contributed by atoms with Gasteiger partial charge in [-0.3, -0.25) is 0 Å². The van der Waals surface area contributed by atoms with Gasteiger partial charge in [-0.1, -0.05) is 61.2 Å². The van der Waals surface area contributed by atoms with Crippen molar-refractivity contribution in [3.8, 4) is 16.9 Å². The van der Waals surface area contributed by atoms with Gasteiger partial charge in [0.05, 0.1) is 0 Å². The second-order valence-corrected chi connectivity index (χ2v) is 4.63. The molecule has 20 heavy (non-hydrogen) atoms. The minimum atomic E-state index is 0.833. The van der Waals surface area contributed by atoms with E-state index >= 15 is 0 Å². The third-order valence-electron chi connectivity index (χ3n) is 3.40. The molecule has 0 bridgehead atoms. The van der Waals surface area contributed by atoms with Crippen molar-refractivity contribution < 1.29 is 4.74 Å². The standard InChI is InChI=1S/C19H16O/c1-3-9-18-14(4-2)15-10-5-6-11-16(15)17-12-7-8-13-19(17)20-18/h3-13H,2H2,1H3. The van der Waals surface area contributed by atoms with Crippen LogP contribution in [0.3, 0.4) is 0 Å². The highest BCUT2D eigenvalue weighted by Gasteiger charge is 2.19. The maximum Gasteiger partial charge on any atom is 0.135 e. The van der Waals surface area contributed by atoms with E-state index in [2.05, 4.69) is 30.8 Å². The Hall–Kier alpha value is -2.54. The molecular weight excluding hydrogens is 244 g/mol. The third-order valence-corrected chi connectivity index (χ3v) is 3.40. The van der Waals surface area contributed by atoms with E-state index in [0.29, 0.717) is 0 Å². The van der Waals surface area contributed by atoms with Crippen LogP contribution in [0.5, 0.6) is 5.75 Å². The summed E-state index contributed by atoms with van der Waals surface area (Å²) < 4.78 is 6.10. The molecule has 1 heterocycles. The Morgan fingerprint density at radius 3 is 2.25 bits per heavy atom. The summed E-state index contributed by atoms with van der Waals surface area (Å²) in [5, 5.41) is 0. The van der Waals surface area contributed by atoms with Gasteiger partial charge in [0, 0.05) is 11.1 Å². The highest BCUT2D eigenvalue weighted by Crippen LogP contribution is 2.40. The molecule has 0 radical (unpaired) electrons. The van der Waals surface area contributed by atoms with E-state index in [9.17, 15) is 0 Å². The van der Waals surface area contributed by atoms with Gasteiger partial charge in [0.2, 0.25) is 0 Å². The highest BCUT2D eigenvalue weighted by molar-refractivity contribution is 5.90. The van der Waals surface area contributed by atoms with Gasteiger partial charge in [-0.2, -0.15) is 0 Å². The van der Waals surface area contributed by atoms with Crippen LogP contribution in [0, 0.1) is 0 Å². The van der Waals surface area contributed by atoms with Crippen LogP contribution >= 0.6 is 0 Å². The zero-order valence-electron chi connectivity index (χ0n) is 11.5. The molecule has 2 aromatic rings. The van der Waals surface area contributed by atoms with Crippen molar-refractivity contribution in [3.63, 3.8) is 0 Å². The van der Waals surface area contributed by atoms with Crippen LogP contribution in [0.15, 0.2) is 79.1 Å². The molecule has 0 spiro atoms. The molecule has 0 N–H and O–H groups in total. The average Bonchev–Trinajstić information content (AvgIpc) is 2.62. The molecule has 0 aromatic heterocycles. The SMILES string of the molecule is C=CC1=C(C=CC)Oc2ccccc2-c2ccccc21. The van der Waals surface area contributed by atoms with Crippen LogP contribution in [-0.4, -0.2) is 0 Å². The molecule has 1 aliphatic heterocycles. The van der Waals surface area contributed by atoms with Crippen molar-refractivity contribution in [3.05, 3.63) is 84.7 Å². The number of fused-ring (bicyclic) bond motifs is 3. The van der Waals surface area contributed by atoms with Gasteiger partial charge in [-0.15, -0.1) is 0 Å². The number of allylic oxidation sites excluding steroid dienone is 4. The summed E-state index contributed by atoms with van der Waals surface area (Å²) in [5.74, 6) is 1.71. The molecule has 0 fully saturated rings. The number of hydrogen-bond donors (Lipinski definition) is 0. The van der Waals surface area contributed by atoms with Gasteiger partial charge in [-0.05, 0) is 30.2 Å². The fourth-order valence-electron chi connectivity index (χ4n) is 2.52. The van der Waals surface area contributed by atoms with E-state index in [4.69, 9.17) is 4.74 Å². The molecule has 3 rings (SSSR count). The Labute approximate surface area is 119 Å². The molecule has 98 valence electrons. The predicted octanol–water partition coefficient (Wildman–Crippen LogP) is 5.22. The normalized spacial score (nSPS) is 13.4. The molecule has 2 aromatic carbocycles. The van der Waals surface area contributed by atoms with Gasteiger partial charge >= 0.3 is 0 Å². The lowest BCUT2D eigenvalue weighted by molar-refractivity contribution is 0.450. The van der Waals surface area contributed by atoms with Gasteiger partial charge in [0.1, 0.15) is 11.5 Å². The largest absolute Gasteiger partial charge is 0.456 e. The Kier molecular flexibility index (Phi) is 3.26. The van der Waals surface area contributed by atoms with Crippen LogP contribution in [0.2, 0.25) is 0 Å². The Morgan fingerprint density at radius 2 is 1.55 bits per heavy atom. The van der Waals surface area contributed by atoms with E-state index in [0.717, 1.165) is 28.2 Å². The fourth-order valence-corrected chi connectivity index (χ4v) is 2.52. The summed E-state index contributed by atoms with van der Waals surface area (Å²) in [4.78, 5) is 0. The molecule has 1 heteroatoms. The Bertz CT molecular complexity index is 720. The summed E-state index contributed by atoms with van der Waals surface area (Å²) in [6.45, 7) is 5.93. The van der Waals surface area contributed by atoms with E-state index < -0.39 is 0 Å². The number of rotatable bonds is 2. The second kappa shape index (κ2) is 5.22. The van der Waals surface area contributed by atoms with E-state index in [-0.39, 0.29) is 0 Å². The van der Waals surface area contributed by atoms with E-state index in [1.807, 2.05) is 49.4 Å². The van der Waals surface area contributed by atoms with Gasteiger partial charge in [-0.25, -0.2) is 0 Å². The number of para-hydroxylation sites is 1. The zero-order valence-corrected chi connectivity index (χ0v) is 11.5. The van der Waals surface area contributed by atoms with Crippen molar-refractivity contribution in [2.24, 2.45) is 0 Å². The van der Waals surface area contributed by atoms with E-state index in [1.165, 1.54) is 5.56 Å². The number of ether oxygens (including phenoxy) is 1. The van der Waals surface area contributed by atoms with Gasteiger partial charge in [0.25, 0.3) is 0 Å². The lowest BCUT2D eigenvalue weighted by atomic mass is 9.94. The van der Waals surface area contributed by atoms with Crippen molar-refractivity contribution in [2.75, 3.05) is 0 Å². The van der Waals surface area contributed by atoms with Crippen LogP contribution in [0.1, 0.15) is 12.5 Å². The van der Waals surface area contributed by atoms with Gasteiger partial charge < -0.3 is 4.74 Å². The fraction of sp³-hybridized carbons (Fsp3) is 0.0526. The minimum Gasteiger partial charge on any atom is -0.456 e. The molecule has 0 saturated carbocycles. The van der Waals surface area contributed by atoms with Crippen molar-refractivity contribution in [1.29, 1.82) is 0 Å². The third kappa shape index (κ3) is 1.97. The lowest BCUT2D eigenvalue weighted by Gasteiger charge is -2.08. The predicted molar refractivity (Wildman–Crippen MR) is 84.4 cm³/mol. The number of benzene rings is 2. The highest BCUT2D eigenvalue weighted by atomic mass is 16.5. The maximum absolute atomic E-state index is 6.10. The summed E-state index contributed by atoms with van der Waals surface area (Å²) in [6.07, 6.45) is 5.82. The Morgan fingerprint density at radius 1 is 0.900 bits per heavy atom. The zero-order chi connectivity index (χ0) is 13.9. The molecular formula is C19H16O. The van der Waals surface area contributed by atoms with Crippen molar-refractivity contribution >= 4 is 5.57 Å². The molecule has 1 nitrogen and oxygen atoms in total. The Balaban J connectivity index is 2.37. The van der Waals surface area contributed by atoms with Crippen LogP contribution in [0.25, 0.3) is 16.7 Å². The first-order valence-corrected chi connectivity index (χ1v) is 6.71. The molecule has 0 unspecified atom stereocenters. The smallest absolute Gasteiger partial charge is 0.135 e. The molecule has 0 amide bonds. The maximum atomic E-state index is 6.10. The second-order valence-electron chi connectivity index (χ2n) is 4.63. The number of hydrogen-bond acceptors (Lipinski definition) is 1. The first-order chi connectivity index (χ1) is 9.85. The van der Waals surface area contributed by atoms with Crippen LogP contribution in [0.4, 0.5) is 0 Å². The first kappa shape index (κ1) is 12.5. The van der Waals surface area contributed by atoms with E-state index in [1.54, 1.807) is 0 Å². The molecule has 0 aliphatic carbocycles. The minimum absolute atomic E-state index is 0.833. The summed E-state index contributed by atoms with van der Waals surface area (Å²) >= 11 is 0. The summed E-state index contributed by atoms with van der Waals surface area (Å²) in [5.41, 5.74) is 4.47. The average molecular weight is 260 g/mol. The molecule has 0 atom stereocenters. The van der Waals surface area contributed by atoms with Crippen molar-refractivity contribution in [2.45, 2.75) is 6.92 Å². The van der Waals surface area contributed by atoms with Crippen molar-refractivity contribution in [1.82, 2.24) is 0 Å². The van der Waals surface area contributed by atoms with Crippen LogP contribution < -0.4 is 4.74 Å². The lowest BCUT2D eigenvalue weighted by Crippen LogP contribution is -1.94. The van der Waals surface area contributed by atoms with Crippen LogP contribution in [-0.2, 0) is 0 Å².